The molecular weight excluding hydrogens is 510 g/mol. The maximum absolute atomic E-state index is 14.3. The molecule has 1 aromatic carbocycles. The third-order valence-electron chi connectivity index (χ3n) is 10.2. The average Bonchev–Trinajstić information content (AvgIpc) is 3.23. The molecule has 3 aliphatic carbocycles. The normalized spacial score (nSPS) is 35.6. The largest absolute Gasteiger partial charge is 0.424 e. The highest BCUT2D eigenvalue weighted by Crippen LogP contribution is 2.62. The molecule has 208 valence electrons. The van der Waals surface area contributed by atoms with Crippen LogP contribution in [0.5, 0.6) is 0 Å². The van der Waals surface area contributed by atoms with Gasteiger partial charge in [0, 0.05) is 24.1 Å². The number of rotatable bonds is 3. The molecule has 38 heavy (non-hydrogen) atoms. The number of carbonyl (C=O) groups excluding carboxylic acids is 2. The molecule has 1 unspecified atom stereocenters. The van der Waals surface area contributed by atoms with E-state index in [2.05, 4.69) is 6.92 Å². The minimum absolute atomic E-state index is 0.0821. The zero-order valence-electron chi connectivity index (χ0n) is 21.4. The summed E-state index contributed by atoms with van der Waals surface area (Å²) in [6.45, 7) is 4.77. The molecule has 4 nitrogen and oxygen atoms in total. The maximum Gasteiger partial charge on any atom is 0.424 e. The molecule has 1 amide bonds. The van der Waals surface area contributed by atoms with Crippen molar-refractivity contribution in [2.75, 3.05) is 6.54 Å². The lowest BCUT2D eigenvalue weighted by atomic mass is 9.49. The van der Waals surface area contributed by atoms with Gasteiger partial charge in [-0.3, -0.25) is 14.6 Å². The number of ketones is 1. The molecule has 0 saturated heterocycles. The van der Waals surface area contributed by atoms with Gasteiger partial charge in [0.25, 0.3) is 5.54 Å². The van der Waals surface area contributed by atoms with Crippen molar-refractivity contribution in [1.82, 2.24) is 5.32 Å². The lowest BCUT2D eigenvalue weighted by Crippen LogP contribution is -2.66. The number of nitrogens with zero attached hydrogens (tertiary/aromatic N) is 1. The third-order valence-corrected chi connectivity index (χ3v) is 10.2. The van der Waals surface area contributed by atoms with Crippen LogP contribution in [0.3, 0.4) is 0 Å². The zero-order valence-corrected chi connectivity index (χ0v) is 21.4. The standard InChI is InChI=1S/C28H32F6N2O2/c1-24-11-6-9-19(24)18-15-35-22-13-21(37)17(14-25(22,2)20(18)10-12-24)23(38)36-26(27(29,30)31,28(32,33)34)16-7-4-3-5-8-16/h3-5,7-8,17-20H,6,9-15H2,1-2H3,(H,36,38)/t17?,18-,19-,20+,24-,25+/m0/s1. The molecule has 6 atom stereocenters. The Bertz CT molecular complexity index is 1130. The van der Waals surface area contributed by atoms with Crippen molar-refractivity contribution in [3.05, 3.63) is 35.9 Å². The zero-order chi connectivity index (χ0) is 27.7. The highest BCUT2D eigenvalue weighted by Gasteiger charge is 2.73. The molecule has 1 N–H and O–H groups in total. The minimum atomic E-state index is -5.90. The number of fused-ring (bicyclic) bond motifs is 5. The first-order valence-electron chi connectivity index (χ1n) is 13.2. The summed E-state index contributed by atoms with van der Waals surface area (Å²) < 4.78 is 85.6. The summed E-state index contributed by atoms with van der Waals surface area (Å²) in [6.07, 6.45) is -7.02. The van der Waals surface area contributed by atoms with Crippen LogP contribution in [0, 0.1) is 34.5 Å². The van der Waals surface area contributed by atoms with Crippen molar-refractivity contribution in [1.29, 1.82) is 0 Å². The molecule has 1 aliphatic heterocycles. The van der Waals surface area contributed by atoms with Gasteiger partial charge < -0.3 is 5.32 Å². The summed E-state index contributed by atoms with van der Waals surface area (Å²) in [7, 11) is 0. The van der Waals surface area contributed by atoms with Crippen molar-refractivity contribution in [3.8, 4) is 0 Å². The molecule has 0 aromatic heterocycles. The quantitative estimate of drug-likeness (QED) is 0.355. The number of amides is 1. The second-order valence-electron chi connectivity index (χ2n) is 12.2. The van der Waals surface area contributed by atoms with Crippen molar-refractivity contribution in [2.45, 2.75) is 76.7 Å². The van der Waals surface area contributed by atoms with E-state index in [0.717, 1.165) is 44.2 Å². The molecule has 0 spiro atoms. The molecule has 4 aliphatic rings. The van der Waals surface area contributed by atoms with E-state index in [9.17, 15) is 35.9 Å². The monoisotopic (exact) mass is 542 g/mol. The first-order valence-corrected chi connectivity index (χ1v) is 13.2. The van der Waals surface area contributed by atoms with Gasteiger partial charge in [-0.15, -0.1) is 0 Å². The molecule has 10 heteroatoms. The Labute approximate surface area is 217 Å². The summed E-state index contributed by atoms with van der Waals surface area (Å²) in [5.74, 6) is -3.10. The number of nitrogens with one attached hydrogen (secondary N) is 1. The first kappa shape index (κ1) is 27.2. The van der Waals surface area contributed by atoms with Gasteiger partial charge in [-0.2, -0.15) is 26.3 Å². The number of Topliss-reactive ketones (excluding diaryl/α,β-unsaturated/α-hetero) is 1. The van der Waals surface area contributed by atoms with Crippen LogP contribution in [0.4, 0.5) is 26.3 Å². The van der Waals surface area contributed by atoms with Gasteiger partial charge in [-0.1, -0.05) is 50.6 Å². The maximum atomic E-state index is 14.3. The van der Waals surface area contributed by atoms with Gasteiger partial charge in [0.2, 0.25) is 5.91 Å². The highest BCUT2D eigenvalue weighted by atomic mass is 19.4. The van der Waals surface area contributed by atoms with E-state index >= 15 is 0 Å². The van der Waals surface area contributed by atoms with E-state index in [1.165, 1.54) is 11.4 Å². The fourth-order valence-corrected chi connectivity index (χ4v) is 8.19. The Morgan fingerprint density at radius 1 is 0.974 bits per heavy atom. The van der Waals surface area contributed by atoms with Crippen LogP contribution >= 0.6 is 0 Å². The SMILES string of the molecule is C[C@@]12CCC[C@H]1[C@@H]1CN=C3CC(=O)C(C(=O)NC(c4ccccc4)(C(F)(F)F)C(F)(F)F)C[C@]3(C)[C@@H]1CC2. The number of alkyl halides is 6. The van der Waals surface area contributed by atoms with Gasteiger partial charge in [0.15, 0.2) is 5.78 Å². The van der Waals surface area contributed by atoms with Gasteiger partial charge in [-0.25, -0.2) is 0 Å². The van der Waals surface area contributed by atoms with Crippen molar-refractivity contribution < 1.29 is 35.9 Å². The number of hydrogen-bond acceptors (Lipinski definition) is 3. The molecule has 5 rings (SSSR count). The average molecular weight is 543 g/mol. The van der Waals surface area contributed by atoms with Gasteiger partial charge in [0.05, 0.1) is 5.92 Å². The van der Waals surface area contributed by atoms with E-state index in [0.29, 0.717) is 30.3 Å². The van der Waals surface area contributed by atoms with Crippen LogP contribution in [0.25, 0.3) is 0 Å². The Hall–Kier alpha value is -2.39. The number of benzene rings is 1. The number of carbonyl (C=O) groups is 2. The van der Waals surface area contributed by atoms with E-state index < -0.39 is 46.5 Å². The summed E-state index contributed by atoms with van der Waals surface area (Å²) in [6, 6.07) is 4.75. The van der Waals surface area contributed by atoms with Crippen molar-refractivity contribution in [2.24, 2.45) is 39.5 Å². The molecular formula is C28H32F6N2O2. The molecule has 1 aromatic rings. The van der Waals surface area contributed by atoms with E-state index in [1.807, 2.05) is 6.92 Å². The fraction of sp³-hybridized carbons (Fsp3) is 0.679. The summed E-state index contributed by atoms with van der Waals surface area (Å²) >= 11 is 0. The first-order chi connectivity index (χ1) is 17.6. The number of hydrogen-bond donors (Lipinski definition) is 1. The topological polar surface area (TPSA) is 58.5 Å². The Morgan fingerprint density at radius 2 is 1.63 bits per heavy atom. The smallest absolute Gasteiger partial charge is 0.330 e. The van der Waals surface area contributed by atoms with E-state index in [1.54, 1.807) is 0 Å². The molecule has 3 fully saturated rings. The predicted octanol–water partition coefficient (Wildman–Crippen LogP) is 6.40. The lowest BCUT2D eigenvalue weighted by molar-refractivity contribution is -0.312. The second kappa shape index (κ2) is 8.81. The van der Waals surface area contributed by atoms with Crippen LogP contribution < -0.4 is 5.32 Å². The number of halogens is 6. The van der Waals surface area contributed by atoms with E-state index in [-0.39, 0.29) is 30.1 Å². The highest BCUT2D eigenvalue weighted by molar-refractivity contribution is 6.15. The van der Waals surface area contributed by atoms with Crippen LogP contribution in [0.1, 0.15) is 64.4 Å². The Morgan fingerprint density at radius 3 is 2.26 bits per heavy atom. The van der Waals surface area contributed by atoms with Gasteiger partial charge >= 0.3 is 12.4 Å². The summed E-state index contributed by atoms with van der Waals surface area (Å²) in [4.78, 5) is 31.1. The molecule has 3 saturated carbocycles. The van der Waals surface area contributed by atoms with Crippen LogP contribution in [-0.2, 0) is 15.1 Å². The van der Waals surface area contributed by atoms with Crippen LogP contribution in [0.15, 0.2) is 35.3 Å². The van der Waals surface area contributed by atoms with Crippen molar-refractivity contribution in [3.63, 3.8) is 0 Å². The van der Waals surface area contributed by atoms with Gasteiger partial charge in [0.1, 0.15) is 0 Å². The number of aliphatic imine (C=N–C) groups is 1. The second-order valence-corrected chi connectivity index (χ2v) is 12.2. The van der Waals surface area contributed by atoms with Gasteiger partial charge in [-0.05, 0) is 60.8 Å². The fourth-order valence-electron chi connectivity index (χ4n) is 8.19. The molecule has 0 radical (unpaired) electrons. The minimum Gasteiger partial charge on any atom is -0.330 e. The predicted molar refractivity (Wildman–Crippen MR) is 128 cm³/mol. The van der Waals surface area contributed by atoms with Crippen LogP contribution in [0.2, 0.25) is 0 Å². The molecule has 1 heterocycles. The third kappa shape index (κ3) is 3.91. The van der Waals surface area contributed by atoms with E-state index in [4.69, 9.17) is 4.99 Å². The molecule has 0 bridgehead atoms. The lowest BCUT2D eigenvalue weighted by Gasteiger charge is -2.56. The van der Waals surface area contributed by atoms with Crippen LogP contribution in [-0.4, -0.2) is 36.3 Å². The summed E-state index contributed by atoms with van der Waals surface area (Å²) in [5, 5.41) is 1.31. The Kier molecular flexibility index (Phi) is 6.30. The van der Waals surface area contributed by atoms with Crippen molar-refractivity contribution >= 4 is 17.4 Å². The summed E-state index contributed by atoms with van der Waals surface area (Å²) in [5.41, 5.74) is -5.68. The Balaban J connectivity index is 1.48.